The Kier molecular flexibility index (Phi) is 10.6. The van der Waals surface area contributed by atoms with Crippen LogP contribution in [-0.4, -0.2) is 65.5 Å². The van der Waals surface area contributed by atoms with Crippen LogP contribution in [0.25, 0.3) is 0 Å². The fraction of sp³-hybridized carbons (Fsp3) is 0.400. The van der Waals surface area contributed by atoms with Gasteiger partial charge in [-0.05, 0) is 67.3 Å². The number of carbonyl (C=O) groups is 3. The van der Waals surface area contributed by atoms with Gasteiger partial charge in [-0.2, -0.15) is 0 Å². The monoisotopic (exact) mass is 600 g/mol. The number of unbranched alkanes of at least 4 members (excludes halogenated alkanes) is 1. The summed E-state index contributed by atoms with van der Waals surface area (Å²) < 4.78 is 19.3. The molecule has 5 rings (SSSR count). The van der Waals surface area contributed by atoms with Gasteiger partial charge in [-0.1, -0.05) is 72.8 Å². The molecule has 2 heterocycles. The molecule has 0 bridgehead atoms. The van der Waals surface area contributed by atoms with E-state index in [0.29, 0.717) is 57.3 Å². The summed E-state index contributed by atoms with van der Waals surface area (Å²) >= 11 is 0. The maximum absolute atomic E-state index is 14.1. The highest BCUT2D eigenvalue weighted by Crippen LogP contribution is 2.35. The summed E-state index contributed by atoms with van der Waals surface area (Å²) in [4.78, 5) is 43.8. The van der Waals surface area contributed by atoms with Crippen LogP contribution < -0.4 is 10.6 Å². The lowest BCUT2D eigenvalue weighted by molar-refractivity contribution is -0.162. The fourth-order valence-electron chi connectivity index (χ4n) is 6.13. The summed E-state index contributed by atoms with van der Waals surface area (Å²) in [5, 5.41) is 5.77. The largest absolute Gasteiger partial charge is 0.445 e. The Balaban J connectivity index is 1.16. The second-order valence-corrected chi connectivity index (χ2v) is 11.7. The van der Waals surface area contributed by atoms with Crippen molar-refractivity contribution in [3.63, 3.8) is 0 Å². The minimum atomic E-state index is -0.965. The first kappa shape index (κ1) is 31.2. The number of piperazine rings is 1. The standard InChI is InChI=1S/C35H41FN4O4/c36-30-15-9-14-29(24-30)25-40-32(41)31(16-7-8-20-37-34(43)44-26-28-12-5-2-6-13-28)38-33(42)35(40)18-22-39(23-19-35)21-17-27-10-3-1-4-11-27/h1-6,9-15,24,31H,7-8,16-23,25-26H2,(H,37,43)(H,38,42)/t31-/m0/s1. The number of likely N-dealkylation sites (tertiary alicyclic amines) is 1. The van der Waals surface area contributed by atoms with Crippen LogP contribution >= 0.6 is 0 Å². The molecule has 2 fully saturated rings. The van der Waals surface area contributed by atoms with E-state index >= 15 is 0 Å². The fourth-order valence-corrected chi connectivity index (χ4v) is 6.13. The zero-order valence-electron chi connectivity index (χ0n) is 25.1. The minimum absolute atomic E-state index is 0.135. The van der Waals surface area contributed by atoms with Gasteiger partial charge in [-0.3, -0.25) is 9.59 Å². The van der Waals surface area contributed by atoms with Gasteiger partial charge < -0.3 is 25.2 Å². The van der Waals surface area contributed by atoms with Crippen LogP contribution in [0.15, 0.2) is 84.9 Å². The number of benzene rings is 3. The number of ether oxygens (including phenoxy) is 1. The number of rotatable bonds is 12. The van der Waals surface area contributed by atoms with Gasteiger partial charge in [0.15, 0.2) is 0 Å². The zero-order chi connectivity index (χ0) is 30.8. The molecule has 1 atom stereocenters. The molecule has 1 spiro atoms. The summed E-state index contributed by atoms with van der Waals surface area (Å²) in [7, 11) is 0. The Morgan fingerprint density at radius 2 is 1.59 bits per heavy atom. The highest BCUT2D eigenvalue weighted by Gasteiger charge is 2.53. The van der Waals surface area contributed by atoms with Crippen molar-refractivity contribution in [1.29, 1.82) is 0 Å². The van der Waals surface area contributed by atoms with Gasteiger partial charge in [0, 0.05) is 32.7 Å². The molecule has 232 valence electrons. The minimum Gasteiger partial charge on any atom is -0.445 e. The number of hydrogen-bond acceptors (Lipinski definition) is 5. The third-order valence-electron chi connectivity index (χ3n) is 8.68. The molecule has 44 heavy (non-hydrogen) atoms. The highest BCUT2D eigenvalue weighted by atomic mass is 19.1. The molecule has 0 radical (unpaired) electrons. The number of nitrogens with one attached hydrogen (secondary N) is 2. The number of halogens is 1. The van der Waals surface area contributed by atoms with E-state index < -0.39 is 17.7 Å². The van der Waals surface area contributed by atoms with Gasteiger partial charge >= 0.3 is 6.09 Å². The molecule has 2 aliphatic heterocycles. The SMILES string of the molecule is O=C(NCCCC[C@@H]1NC(=O)C2(CCN(CCc3ccccc3)CC2)N(Cc2cccc(F)c2)C1=O)OCc1ccccc1. The number of alkyl carbamates (subject to hydrolysis) is 1. The van der Waals surface area contributed by atoms with Crippen molar-refractivity contribution >= 4 is 17.9 Å². The van der Waals surface area contributed by atoms with E-state index in [1.165, 1.54) is 17.7 Å². The van der Waals surface area contributed by atoms with E-state index in [-0.39, 0.29) is 30.8 Å². The topological polar surface area (TPSA) is 91.0 Å². The molecule has 0 aliphatic carbocycles. The van der Waals surface area contributed by atoms with Gasteiger partial charge in [0.25, 0.3) is 0 Å². The van der Waals surface area contributed by atoms with E-state index in [4.69, 9.17) is 4.74 Å². The van der Waals surface area contributed by atoms with Crippen molar-refractivity contribution in [1.82, 2.24) is 20.4 Å². The number of piperidine rings is 1. The first-order chi connectivity index (χ1) is 21.4. The van der Waals surface area contributed by atoms with E-state index in [2.05, 4.69) is 27.7 Å². The summed E-state index contributed by atoms with van der Waals surface area (Å²) in [5.41, 5.74) is 1.88. The summed E-state index contributed by atoms with van der Waals surface area (Å²) in [6.45, 7) is 3.06. The predicted octanol–water partition coefficient (Wildman–Crippen LogP) is 4.83. The van der Waals surface area contributed by atoms with Crippen molar-refractivity contribution < 1.29 is 23.5 Å². The van der Waals surface area contributed by atoms with Gasteiger partial charge in [-0.25, -0.2) is 9.18 Å². The Hall–Kier alpha value is -4.24. The lowest BCUT2D eigenvalue weighted by atomic mass is 9.81. The number of hydrogen-bond donors (Lipinski definition) is 2. The molecule has 2 saturated heterocycles. The zero-order valence-corrected chi connectivity index (χ0v) is 25.1. The molecule has 3 aromatic rings. The normalized spacial score (nSPS) is 18.2. The molecule has 0 aromatic heterocycles. The van der Waals surface area contributed by atoms with Crippen LogP contribution in [0.4, 0.5) is 9.18 Å². The van der Waals surface area contributed by atoms with Crippen molar-refractivity contribution in [3.8, 4) is 0 Å². The molecule has 2 N–H and O–H groups in total. The van der Waals surface area contributed by atoms with Gasteiger partial charge in [-0.15, -0.1) is 0 Å². The van der Waals surface area contributed by atoms with Crippen LogP contribution in [0.2, 0.25) is 0 Å². The van der Waals surface area contributed by atoms with Crippen LogP contribution in [0.1, 0.15) is 48.8 Å². The maximum atomic E-state index is 14.1. The molecule has 8 nitrogen and oxygen atoms in total. The van der Waals surface area contributed by atoms with Crippen LogP contribution in [-0.2, 0) is 33.9 Å². The Morgan fingerprint density at radius 1 is 0.909 bits per heavy atom. The lowest BCUT2D eigenvalue weighted by Gasteiger charge is -2.51. The van der Waals surface area contributed by atoms with Gasteiger partial charge in [0.05, 0.1) is 0 Å². The smallest absolute Gasteiger partial charge is 0.407 e. The first-order valence-electron chi connectivity index (χ1n) is 15.5. The predicted molar refractivity (Wildman–Crippen MR) is 166 cm³/mol. The van der Waals surface area contributed by atoms with Crippen molar-refractivity contribution in [2.45, 2.75) is 63.3 Å². The van der Waals surface area contributed by atoms with Gasteiger partial charge in [0.2, 0.25) is 11.8 Å². The van der Waals surface area contributed by atoms with E-state index in [0.717, 1.165) is 18.5 Å². The summed E-state index contributed by atoms with van der Waals surface area (Å²) in [6.07, 6.45) is 3.19. The van der Waals surface area contributed by atoms with E-state index in [1.807, 2.05) is 48.5 Å². The molecule has 0 unspecified atom stereocenters. The molecule has 3 amide bonds. The Labute approximate surface area is 258 Å². The third kappa shape index (κ3) is 8.02. The molecule has 3 aromatic carbocycles. The average molecular weight is 601 g/mol. The van der Waals surface area contributed by atoms with Crippen molar-refractivity contribution in [3.05, 3.63) is 107 Å². The lowest BCUT2D eigenvalue weighted by Crippen LogP contribution is -2.72. The quantitative estimate of drug-likeness (QED) is 0.291. The second kappa shape index (κ2) is 15.0. The Bertz CT molecular complexity index is 1400. The first-order valence-corrected chi connectivity index (χ1v) is 15.5. The summed E-state index contributed by atoms with van der Waals surface area (Å²) in [5.74, 6) is -0.641. The second-order valence-electron chi connectivity index (χ2n) is 11.7. The van der Waals surface area contributed by atoms with Crippen LogP contribution in [0.3, 0.4) is 0 Å². The average Bonchev–Trinajstić information content (AvgIpc) is 3.05. The molecule has 0 saturated carbocycles. The van der Waals surface area contributed by atoms with E-state index in [1.54, 1.807) is 17.0 Å². The van der Waals surface area contributed by atoms with Crippen molar-refractivity contribution in [2.24, 2.45) is 0 Å². The van der Waals surface area contributed by atoms with Gasteiger partial charge in [0.1, 0.15) is 24.0 Å². The molecule has 9 heteroatoms. The number of carbonyl (C=O) groups excluding carboxylic acids is 3. The highest BCUT2D eigenvalue weighted by molar-refractivity contribution is 6.00. The number of amides is 3. The maximum Gasteiger partial charge on any atom is 0.407 e. The third-order valence-corrected chi connectivity index (χ3v) is 8.68. The van der Waals surface area contributed by atoms with Crippen LogP contribution in [0, 0.1) is 5.82 Å². The van der Waals surface area contributed by atoms with Crippen LogP contribution in [0.5, 0.6) is 0 Å². The Morgan fingerprint density at radius 3 is 2.30 bits per heavy atom. The molecular formula is C35H41FN4O4. The van der Waals surface area contributed by atoms with E-state index in [9.17, 15) is 18.8 Å². The molecular weight excluding hydrogens is 559 g/mol. The number of nitrogens with zero attached hydrogens (tertiary/aromatic N) is 2. The molecule has 2 aliphatic rings. The summed E-state index contributed by atoms with van der Waals surface area (Å²) in [6, 6.07) is 25.4. The van der Waals surface area contributed by atoms with Crippen molar-refractivity contribution in [2.75, 3.05) is 26.2 Å².